The standard InChI is InChI=1S/C21H15NO5/c23-20(16-6-2-1-3-7-16)18-8-4-5-9-19(18)21(24)27-14-15-10-12-17(13-11-15)22(25)26/h1-13H,14H2. The third-order valence-corrected chi connectivity index (χ3v) is 3.94. The van der Waals surface area contributed by atoms with Crippen LogP contribution in [0.4, 0.5) is 5.69 Å². The van der Waals surface area contributed by atoms with Gasteiger partial charge in [0.05, 0.1) is 10.5 Å². The molecule has 0 N–H and O–H groups in total. The zero-order valence-electron chi connectivity index (χ0n) is 14.2. The van der Waals surface area contributed by atoms with Crippen LogP contribution >= 0.6 is 0 Å². The van der Waals surface area contributed by atoms with Gasteiger partial charge in [0.25, 0.3) is 5.69 Å². The summed E-state index contributed by atoms with van der Waals surface area (Å²) in [6.45, 7) is -0.0509. The molecule has 0 aliphatic heterocycles. The number of non-ortho nitro benzene ring substituents is 1. The Hall–Kier alpha value is -3.80. The van der Waals surface area contributed by atoms with Gasteiger partial charge in [0, 0.05) is 23.3 Å². The number of carbonyl (C=O) groups is 2. The highest BCUT2D eigenvalue weighted by molar-refractivity contribution is 6.14. The van der Waals surface area contributed by atoms with Crippen LogP contribution in [0, 0.1) is 10.1 Å². The lowest BCUT2D eigenvalue weighted by atomic mass is 9.98. The van der Waals surface area contributed by atoms with Gasteiger partial charge < -0.3 is 4.74 Å². The molecule has 0 saturated heterocycles. The Bertz CT molecular complexity index is 981. The van der Waals surface area contributed by atoms with E-state index >= 15 is 0 Å². The monoisotopic (exact) mass is 361 g/mol. The Balaban J connectivity index is 1.75. The Morgan fingerprint density at radius 1 is 0.815 bits per heavy atom. The second kappa shape index (κ2) is 8.05. The fourth-order valence-corrected chi connectivity index (χ4v) is 2.54. The molecule has 0 aliphatic rings. The molecule has 0 atom stereocenters. The van der Waals surface area contributed by atoms with Crippen molar-refractivity contribution in [3.05, 3.63) is 111 Å². The second-order valence-electron chi connectivity index (χ2n) is 5.74. The number of hydrogen-bond acceptors (Lipinski definition) is 5. The van der Waals surface area contributed by atoms with Gasteiger partial charge in [-0.05, 0) is 23.8 Å². The first-order valence-corrected chi connectivity index (χ1v) is 8.15. The average Bonchev–Trinajstić information content (AvgIpc) is 2.72. The number of nitro groups is 1. The van der Waals surface area contributed by atoms with Crippen molar-refractivity contribution < 1.29 is 19.2 Å². The first-order valence-electron chi connectivity index (χ1n) is 8.15. The van der Waals surface area contributed by atoms with Crippen molar-refractivity contribution in [2.75, 3.05) is 0 Å². The van der Waals surface area contributed by atoms with Crippen molar-refractivity contribution in [3.8, 4) is 0 Å². The molecule has 3 aromatic rings. The topological polar surface area (TPSA) is 86.5 Å². The van der Waals surface area contributed by atoms with E-state index in [9.17, 15) is 19.7 Å². The van der Waals surface area contributed by atoms with Crippen molar-refractivity contribution in [1.82, 2.24) is 0 Å². The maximum absolute atomic E-state index is 12.7. The summed E-state index contributed by atoms with van der Waals surface area (Å²) >= 11 is 0. The molecular formula is C21H15NO5. The molecular weight excluding hydrogens is 346 g/mol. The Morgan fingerprint density at radius 3 is 2.04 bits per heavy atom. The van der Waals surface area contributed by atoms with E-state index in [2.05, 4.69) is 0 Å². The molecule has 0 bridgehead atoms. The highest BCUT2D eigenvalue weighted by atomic mass is 16.6. The van der Waals surface area contributed by atoms with E-state index < -0.39 is 10.9 Å². The minimum atomic E-state index is -0.631. The summed E-state index contributed by atoms with van der Waals surface area (Å²) in [5, 5.41) is 10.7. The van der Waals surface area contributed by atoms with Gasteiger partial charge in [0.15, 0.2) is 5.78 Å². The average molecular weight is 361 g/mol. The van der Waals surface area contributed by atoms with Crippen LogP contribution in [0.25, 0.3) is 0 Å². The van der Waals surface area contributed by atoms with E-state index in [1.54, 1.807) is 48.5 Å². The second-order valence-corrected chi connectivity index (χ2v) is 5.74. The zero-order chi connectivity index (χ0) is 19.2. The summed E-state index contributed by atoms with van der Waals surface area (Å²) in [6, 6.07) is 20.9. The first kappa shape index (κ1) is 18.0. The van der Waals surface area contributed by atoms with Crippen LogP contribution < -0.4 is 0 Å². The van der Waals surface area contributed by atoms with Crippen LogP contribution in [0.1, 0.15) is 31.8 Å². The van der Waals surface area contributed by atoms with E-state index in [-0.39, 0.29) is 29.2 Å². The number of ketones is 1. The van der Waals surface area contributed by atoms with Gasteiger partial charge in [0.1, 0.15) is 6.61 Å². The Kier molecular flexibility index (Phi) is 5.37. The van der Waals surface area contributed by atoms with E-state index in [0.29, 0.717) is 11.1 Å². The normalized spacial score (nSPS) is 10.2. The van der Waals surface area contributed by atoms with Crippen molar-refractivity contribution in [2.24, 2.45) is 0 Å². The molecule has 0 spiro atoms. The SMILES string of the molecule is O=C(OCc1ccc([N+](=O)[O-])cc1)c1ccccc1C(=O)c1ccccc1. The largest absolute Gasteiger partial charge is 0.457 e. The minimum absolute atomic E-state index is 0.0381. The molecule has 0 unspecified atom stereocenters. The van der Waals surface area contributed by atoms with Crippen molar-refractivity contribution in [1.29, 1.82) is 0 Å². The molecule has 0 amide bonds. The summed E-state index contributed by atoms with van der Waals surface area (Å²) in [5.41, 5.74) is 1.49. The number of nitro benzene ring substituents is 1. The van der Waals surface area contributed by atoms with Gasteiger partial charge in [-0.1, -0.05) is 48.5 Å². The van der Waals surface area contributed by atoms with Gasteiger partial charge in [-0.3, -0.25) is 14.9 Å². The summed E-state index contributed by atoms with van der Waals surface area (Å²) in [4.78, 5) is 35.3. The zero-order valence-corrected chi connectivity index (χ0v) is 14.2. The molecule has 6 heteroatoms. The fourth-order valence-electron chi connectivity index (χ4n) is 2.54. The van der Waals surface area contributed by atoms with Crippen molar-refractivity contribution in [3.63, 3.8) is 0 Å². The smallest absolute Gasteiger partial charge is 0.339 e. The quantitative estimate of drug-likeness (QED) is 0.284. The summed E-state index contributed by atoms with van der Waals surface area (Å²) < 4.78 is 5.28. The lowest BCUT2D eigenvalue weighted by Gasteiger charge is -2.09. The minimum Gasteiger partial charge on any atom is -0.457 e. The predicted octanol–water partition coefficient (Wildman–Crippen LogP) is 4.18. The highest BCUT2D eigenvalue weighted by Crippen LogP contribution is 2.17. The van der Waals surface area contributed by atoms with Crippen LogP contribution in [0.3, 0.4) is 0 Å². The van der Waals surface area contributed by atoms with Crippen LogP contribution in [0.5, 0.6) is 0 Å². The third kappa shape index (κ3) is 4.24. The van der Waals surface area contributed by atoms with Crippen molar-refractivity contribution >= 4 is 17.4 Å². The van der Waals surface area contributed by atoms with Crippen LogP contribution in [0.2, 0.25) is 0 Å². The van der Waals surface area contributed by atoms with E-state index in [1.807, 2.05) is 0 Å². The maximum atomic E-state index is 12.7. The molecule has 134 valence electrons. The Morgan fingerprint density at radius 2 is 1.41 bits per heavy atom. The summed E-state index contributed by atoms with van der Waals surface area (Å²) in [7, 11) is 0. The molecule has 3 rings (SSSR count). The van der Waals surface area contributed by atoms with Gasteiger partial charge >= 0.3 is 5.97 Å². The van der Waals surface area contributed by atoms with E-state index in [4.69, 9.17) is 4.74 Å². The number of esters is 1. The lowest BCUT2D eigenvalue weighted by molar-refractivity contribution is -0.384. The summed E-state index contributed by atoms with van der Waals surface area (Å²) in [5.74, 6) is -0.897. The fraction of sp³-hybridized carbons (Fsp3) is 0.0476. The van der Waals surface area contributed by atoms with Crippen LogP contribution in [-0.2, 0) is 11.3 Å². The maximum Gasteiger partial charge on any atom is 0.339 e. The lowest BCUT2D eigenvalue weighted by Crippen LogP contribution is -2.12. The number of ether oxygens (including phenoxy) is 1. The Labute approximate surface area is 155 Å². The molecule has 0 saturated carbocycles. The number of carbonyl (C=O) groups excluding carboxylic acids is 2. The highest BCUT2D eigenvalue weighted by Gasteiger charge is 2.19. The van der Waals surface area contributed by atoms with E-state index in [1.165, 1.54) is 30.3 Å². The number of rotatable bonds is 6. The van der Waals surface area contributed by atoms with Crippen molar-refractivity contribution in [2.45, 2.75) is 6.61 Å². The molecule has 0 radical (unpaired) electrons. The van der Waals surface area contributed by atoms with Gasteiger partial charge in [0.2, 0.25) is 0 Å². The van der Waals surface area contributed by atoms with Crippen LogP contribution in [-0.4, -0.2) is 16.7 Å². The number of nitrogens with zero attached hydrogens (tertiary/aromatic N) is 1. The third-order valence-electron chi connectivity index (χ3n) is 3.94. The van der Waals surface area contributed by atoms with E-state index in [0.717, 1.165) is 0 Å². The molecule has 0 heterocycles. The van der Waals surface area contributed by atoms with Gasteiger partial charge in [-0.25, -0.2) is 4.79 Å². The predicted molar refractivity (Wildman–Crippen MR) is 98.5 cm³/mol. The molecule has 0 aliphatic carbocycles. The number of hydrogen-bond donors (Lipinski definition) is 0. The molecule has 6 nitrogen and oxygen atoms in total. The van der Waals surface area contributed by atoms with Gasteiger partial charge in [-0.2, -0.15) is 0 Å². The molecule has 27 heavy (non-hydrogen) atoms. The first-order chi connectivity index (χ1) is 13.1. The molecule has 3 aromatic carbocycles. The molecule has 0 aromatic heterocycles. The molecule has 0 fully saturated rings. The summed E-state index contributed by atoms with van der Waals surface area (Å²) in [6.07, 6.45) is 0. The number of benzene rings is 3. The van der Waals surface area contributed by atoms with Crippen LogP contribution in [0.15, 0.2) is 78.9 Å². The van der Waals surface area contributed by atoms with Gasteiger partial charge in [-0.15, -0.1) is 0 Å².